The Labute approximate surface area is 124 Å². The topological polar surface area (TPSA) is 35.8 Å². The van der Waals surface area contributed by atoms with Gasteiger partial charge in [-0.2, -0.15) is 5.26 Å². The SMILES string of the molecule is CC(Nc1ccc2ccccc2c1)c1ccc(C#N)cc1. The minimum absolute atomic E-state index is 0.193. The Morgan fingerprint density at radius 1 is 0.905 bits per heavy atom. The fourth-order valence-electron chi connectivity index (χ4n) is 2.46. The smallest absolute Gasteiger partial charge is 0.0991 e. The van der Waals surface area contributed by atoms with Crippen molar-refractivity contribution < 1.29 is 0 Å². The predicted molar refractivity (Wildman–Crippen MR) is 87.1 cm³/mol. The van der Waals surface area contributed by atoms with Crippen molar-refractivity contribution in [3.05, 3.63) is 77.9 Å². The number of nitriles is 1. The third-order valence-electron chi connectivity index (χ3n) is 3.67. The molecule has 0 aliphatic heterocycles. The van der Waals surface area contributed by atoms with Gasteiger partial charge < -0.3 is 5.32 Å². The number of benzene rings is 3. The Kier molecular flexibility index (Phi) is 3.57. The lowest BCUT2D eigenvalue weighted by Crippen LogP contribution is -2.06. The van der Waals surface area contributed by atoms with Gasteiger partial charge in [-0.25, -0.2) is 0 Å². The molecule has 0 bridgehead atoms. The predicted octanol–water partition coefficient (Wildman–Crippen LogP) is 4.88. The van der Waals surface area contributed by atoms with Crippen LogP contribution in [0.15, 0.2) is 66.7 Å². The fraction of sp³-hybridized carbons (Fsp3) is 0.105. The summed E-state index contributed by atoms with van der Waals surface area (Å²) in [6.07, 6.45) is 0. The maximum atomic E-state index is 8.84. The van der Waals surface area contributed by atoms with Crippen LogP contribution in [0.3, 0.4) is 0 Å². The highest BCUT2D eigenvalue weighted by Gasteiger charge is 2.05. The maximum Gasteiger partial charge on any atom is 0.0991 e. The first-order valence-electron chi connectivity index (χ1n) is 7.02. The lowest BCUT2D eigenvalue weighted by atomic mass is 10.1. The van der Waals surface area contributed by atoms with Gasteiger partial charge in [-0.1, -0.05) is 42.5 Å². The van der Waals surface area contributed by atoms with Crippen LogP contribution >= 0.6 is 0 Å². The van der Waals surface area contributed by atoms with Crippen LogP contribution < -0.4 is 5.32 Å². The average Bonchev–Trinajstić information content (AvgIpc) is 2.55. The summed E-state index contributed by atoms with van der Waals surface area (Å²) in [7, 11) is 0. The van der Waals surface area contributed by atoms with Crippen molar-refractivity contribution >= 4 is 16.5 Å². The monoisotopic (exact) mass is 272 g/mol. The van der Waals surface area contributed by atoms with Gasteiger partial charge in [0.2, 0.25) is 0 Å². The molecule has 0 spiro atoms. The molecule has 0 amide bonds. The second kappa shape index (κ2) is 5.68. The summed E-state index contributed by atoms with van der Waals surface area (Å²) in [4.78, 5) is 0. The van der Waals surface area contributed by atoms with Gasteiger partial charge in [0.15, 0.2) is 0 Å². The van der Waals surface area contributed by atoms with Crippen LogP contribution in [0.5, 0.6) is 0 Å². The molecule has 0 heterocycles. The summed E-state index contributed by atoms with van der Waals surface area (Å²) in [5.41, 5.74) is 2.96. The van der Waals surface area contributed by atoms with Crippen molar-refractivity contribution in [1.82, 2.24) is 0 Å². The van der Waals surface area contributed by atoms with Crippen molar-refractivity contribution in [2.45, 2.75) is 13.0 Å². The number of rotatable bonds is 3. The first-order valence-corrected chi connectivity index (χ1v) is 7.02. The van der Waals surface area contributed by atoms with Crippen molar-refractivity contribution in [3.8, 4) is 6.07 Å². The van der Waals surface area contributed by atoms with Crippen molar-refractivity contribution in [1.29, 1.82) is 5.26 Å². The lowest BCUT2D eigenvalue weighted by molar-refractivity contribution is 0.885. The molecule has 2 heteroatoms. The third kappa shape index (κ3) is 2.88. The van der Waals surface area contributed by atoms with Crippen LogP contribution in [0, 0.1) is 11.3 Å². The highest BCUT2D eigenvalue weighted by Crippen LogP contribution is 2.23. The van der Waals surface area contributed by atoms with Gasteiger partial charge >= 0.3 is 0 Å². The zero-order valence-electron chi connectivity index (χ0n) is 11.9. The number of hydrogen-bond acceptors (Lipinski definition) is 2. The summed E-state index contributed by atoms with van der Waals surface area (Å²) in [6, 6.07) is 24.8. The first kappa shape index (κ1) is 13.2. The van der Waals surface area contributed by atoms with Crippen LogP contribution in [0.4, 0.5) is 5.69 Å². The fourth-order valence-corrected chi connectivity index (χ4v) is 2.46. The summed E-state index contributed by atoms with van der Waals surface area (Å²) in [6.45, 7) is 2.12. The second-order valence-electron chi connectivity index (χ2n) is 5.16. The summed E-state index contributed by atoms with van der Waals surface area (Å²) >= 11 is 0. The molecule has 102 valence electrons. The number of nitrogens with one attached hydrogen (secondary N) is 1. The van der Waals surface area contributed by atoms with E-state index >= 15 is 0 Å². The molecule has 1 unspecified atom stereocenters. The van der Waals surface area contributed by atoms with Crippen molar-refractivity contribution in [2.24, 2.45) is 0 Å². The zero-order chi connectivity index (χ0) is 14.7. The number of nitrogens with zero attached hydrogens (tertiary/aromatic N) is 1. The molecular formula is C19H16N2. The standard InChI is InChI=1S/C19H16N2/c1-14(16-8-6-15(13-20)7-9-16)21-19-11-10-17-4-2-3-5-18(17)12-19/h2-12,14,21H,1H3. The van der Waals surface area contributed by atoms with Crippen molar-refractivity contribution in [3.63, 3.8) is 0 Å². The van der Waals surface area contributed by atoms with Crippen LogP contribution in [-0.4, -0.2) is 0 Å². The van der Waals surface area contributed by atoms with E-state index in [0.717, 1.165) is 5.69 Å². The van der Waals surface area contributed by atoms with E-state index in [0.29, 0.717) is 5.56 Å². The van der Waals surface area contributed by atoms with Gasteiger partial charge in [-0.3, -0.25) is 0 Å². The molecule has 1 atom stereocenters. The van der Waals surface area contributed by atoms with Crippen LogP contribution in [0.1, 0.15) is 24.1 Å². The Morgan fingerprint density at radius 3 is 2.33 bits per heavy atom. The van der Waals surface area contributed by atoms with Crippen LogP contribution in [0.2, 0.25) is 0 Å². The molecule has 3 rings (SSSR count). The molecule has 0 saturated heterocycles. The quantitative estimate of drug-likeness (QED) is 0.737. The highest BCUT2D eigenvalue weighted by molar-refractivity contribution is 5.85. The Bertz CT molecular complexity index is 798. The van der Waals surface area contributed by atoms with E-state index in [1.807, 2.05) is 24.3 Å². The van der Waals surface area contributed by atoms with Crippen LogP contribution in [-0.2, 0) is 0 Å². The average molecular weight is 272 g/mol. The Balaban J connectivity index is 1.81. The zero-order valence-corrected chi connectivity index (χ0v) is 11.9. The Morgan fingerprint density at radius 2 is 1.62 bits per heavy atom. The van der Waals surface area contributed by atoms with Gasteiger partial charge in [-0.15, -0.1) is 0 Å². The minimum atomic E-state index is 0.193. The van der Waals surface area contributed by atoms with E-state index in [-0.39, 0.29) is 6.04 Å². The number of fused-ring (bicyclic) bond motifs is 1. The molecule has 0 aliphatic carbocycles. The molecule has 3 aromatic rings. The highest BCUT2D eigenvalue weighted by atomic mass is 14.9. The normalized spacial score (nSPS) is 11.8. The number of hydrogen-bond donors (Lipinski definition) is 1. The lowest BCUT2D eigenvalue weighted by Gasteiger charge is -2.16. The largest absolute Gasteiger partial charge is 0.379 e. The van der Waals surface area contributed by atoms with Gasteiger partial charge in [-0.05, 0) is 47.5 Å². The molecule has 3 aromatic carbocycles. The summed E-state index contributed by atoms with van der Waals surface area (Å²) in [5.74, 6) is 0. The molecule has 0 aliphatic rings. The molecular weight excluding hydrogens is 256 g/mol. The van der Waals surface area contributed by atoms with E-state index < -0.39 is 0 Å². The van der Waals surface area contributed by atoms with Gasteiger partial charge in [0.05, 0.1) is 11.6 Å². The van der Waals surface area contributed by atoms with Gasteiger partial charge in [0, 0.05) is 11.7 Å². The van der Waals surface area contributed by atoms with Gasteiger partial charge in [0.1, 0.15) is 0 Å². The molecule has 21 heavy (non-hydrogen) atoms. The molecule has 1 N–H and O–H groups in total. The first-order chi connectivity index (χ1) is 10.3. The van der Waals surface area contributed by atoms with Crippen molar-refractivity contribution in [2.75, 3.05) is 5.32 Å². The Hall–Kier alpha value is -2.79. The third-order valence-corrected chi connectivity index (χ3v) is 3.67. The van der Waals surface area contributed by atoms with E-state index in [1.54, 1.807) is 0 Å². The molecule has 0 saturated carbocycles. The number of anilines is 1. The summed E-state index contributed by atoms with van der Waals surface area (Å²) < 4.78 is 0. The minimum Gasteiger partial charge on any atom is -0.379 e. The summed E-state index contributed by atoms with van der Waals surface area (Å²) in [5, 5.41) is 14.8. The van der Waals surface area contributed by atoms with Crippen LogP contribution in [0.25, 0.3) is 10.8 Å². The molecule has 2 nitrogen and oxygen atoms in total. The second-order valence-corrected chi connectivity index (χ2v) is 5.16. The van der Waals surface area contributed by atoms with E-state index in [2.05, 4.69) is 60.8 Å². The molecule has 0 fully saturated rings. The molecule has 0 aromatic heterocycles. The van der Waals surface area contributed by atoms with E-state index in [1.165, 1.54) is 16.3 Å². The maximum absolute atomic E-state index is 8.84. The van der Waals surface area contributed by atoms with E-state index in [4.69, 9.17) is 5.26 Å². The van der Waals surface area contributed by atoms with Gasteiger partial charge in [0.25, 0.3) is 0 Å². The molecule has 0 radical (unpaired) electrons. The van der Waals surface area contributed by atoms with E-state index in [9.17, 15) is 0 Å².